The fourth-order valence-corrected chi connectivity index (χ4v) is 1.44. The average molecular weight is 276 g/mol. The van der Waals surface area contributed by atoms with Crippen LogP contribution in [-0.2, 0) is 19.1 Å². The molecule has 0 saturated heterocycles. The van der Waals surface area contributed by atoms with Crippen molar-refractivity contribution in [3.8, 4) is 0 Å². The minimum absolute atomic E-state index is 0.0741. The first-order chi connectivity index (χ1) is 9.11. The summed E-state index contributed by atoms with van der Waals surface area (Å²) >= 11 is 0. The monoisotopic (exact) mass is 276 g/mol. The summed E-state index contributed by atoms with van der Waals surface area (Å²) in [6, 6.07) is -0.862. The Morgan fingerprint density at radius 2 is 1.68 bits per heavy atom. The highest BCUT2D eigenvalue weighted by molar-refractivity contribution is 5.84. The van der Waals surface area contributed by atoms with Crippen molar-refractivity contribution in [1.82, 2.24) is 10.6 Å². The number of aliphatic carboxylic acids is 1. The molecule has 7 nitrogen and oxygen atoms in total. The second kappa shape index (κ2) is 11.9. The number of hydrogen-bond acceptors (Lipinski definition) is 5. The van der Waals surface area contributed by atoms with Crippen molar-refractivity contribution in [3.63, 3.8) is 0 Å². The van der Waals surface area contributed by atoms with Gasteiger partial charge < -0.3 is 25.2 Å². The highest BCUT2D eigenvalue weighted by Crippen LogP contribution is 1.94. The van der Waals surface area contributed by atoms with Crippen LogP contribution >= 0.6 is 0 Å². The van der Waals surface area contributed by atoms with Gasteiger partial charge in [0.05, 0.1) is 6.42 Å². The van der Waals surface area contributed by atoms with E-state index in [0.29, 0.717) is 39.1 Å². The van der Waals surface area contributed by atoms with E-state index >= 15 is 0 Å². The molecule has 19 heavy (non-hydrogen) atoms. The maximum absolute atomic E-state index is 11.5. The zero-order chi connectivity index (χ0) is 14.5. The van der Waals surface area contributed by atoms with Crippen molar-refractivity contribution < 1.29 is 24.2 Å². The fourth-order valence-electron chi connectivity index (χ4n) is 1.44. The Morgan fingerprint density at radius 1 is 1.11 bits per heavy atom. The number of amides is 1. The van der Waals surface area contributed by atoms with E-state index in [9.17, 15) is 9.59 Å². The Bertz CT molecular complexity index is 261. The maximum atomic E-state index is 11.5. The molecule has 0 aliphatic carbocycles. The van der Waals surface area contributed by atoms with Crippen LogP contribution < -0.4 is 10.6 Å². The van der Waals surface area contributed by atoms with E-state index in [4.69, 9.17) is 14.6 Å². The molecule has 0 aromatic heterocycles. The minimum atomic E-state index is -1.02. The molecule has 0 radical (unpaired) electrons. The Kier molecular flexibility index (Phi) is 11.1. The van der Waals surface area contributed by atoms with E-state index in [1.165, 1.54) is 0 Å². The van der Waals surface area contributed by atoms with Crippen molar-refractivity contribution in [2.24, 2.45) is 0 Å². The number of carboxylic acid groups (broad SMARTS) is 1. The summed E-state index contributed by atoms with van der Waals surface area (Å²) in [5, 5.41) is 14.5. The van der Waals surface area contributed by atoms with Gasteiger partial charge in [-0.3, -0.25) is 9.59 Å². The van der Waals surface area contributed by atoms with Crippen molar-refractivity contribution in [3.05, 3.63) is 0 Å². The molecule has 0 fully saturated rings. The number of carbonyl (C=O) groups is 2. The summed E-state index contributed by atoms with van der Waals surface area (Å²) in [6.45, 7) is 2.12. The van der Waals surface area contributed by atoms with Crippen molar-refractivity contribution in [1.29, 1.82) is 0 Å². The van der Waals surface area contributed by atoms with E-state index in [1.807, 2.05) is 0 Å². The van der Waals surface area contributed by atoms with Gasteiger partial charge in [-0.25, -0.2) is 0 Å². The maximum Gasteiger partial charge on any atom is 0.321 e. The van der Waals surface area contributed by atoms with Gasteiger partial charge in [0.1, 0.15) is 6.04 Å². The Hall–Kier alpha value is -1.18. The van der Waals surface area contributed by atoms with Crippen LogP contribution in [0.15, 0.2) is 0 Å². The van der Waals surface area contributed by atoms with Crippen LogP contribution in [0.1, 0.15) is 19.3 Å². The minimum Gasteiger partial charge on any atom is -0.480 e. The molecule has 1 amide bonds. The second-order valence-corrected chi connectivity index (χ2v) is 4.09. The van der Waals surface area contributed by atoms with Crippen LogP contribution in [0, 0.1) is 0 Å². The first-order valence-corrected chi connectivity index (χ1v) is 6.32. The number of carbonyl (C=O) groups excluding carboxylic acids is 1. The molecule has 0 aliphatic heterocycles. The second-order valence-electron chi connectivity index (χ2n) is 4.09. The summed E-state index contributed by atoms with van der Waals surface area (Å²) in [5.41, 5.74) is 0. The molecule has 0 aliphatic rings. The molecule has 3 N–H and O–H groups in total. The lowest BCUT2D eigenvalue weighted by atomic mass is 10.2. The van der Waals surface area contributed by atoms with Gasteiger partial charge >= 0.3 is 5.97 Å². The molecular formula is C12H24N2O5. The van der Waals surface area contributed by atoms with Gasteiger partial charge in [-0.15, -0.1) is 0 Å². The van der Waals surface area contributed by atoms with E-state index in [0.717, 1.165) is 0 Å². The zero-order valence-electron chi connectivity index (χ0n) is 11.6. The van der Waals surface area contributed by atoms with Gasteiger partial charge in [0.15, 0.2) is 0 Å². The number of nitrogens with one attached hydrogen (secondary N) is 2. The molecular weight excluding hydrogens is 252 g/mol. The first kappa shape index (κ1) is 17.8. The molecule has 112 valence electrons. The van der Waals surface area contributed by atoms with Crippen LogP contribution in [0.2, 0.25) is 0 Å². The predicted octanol–water partition coefficient (Wildman–Crippen LogP) is -0.391. The fraction of sp³-hybridized carbons (Fsp3) is 0.833. The Balaban J connectivity index is 3.85. The molecule has 0 saturated carbocycles. The summed E-state index contributed by atoms with van der Waals surface area (Å²) in [4.78, 5) is 22.5. The Morgan fingerprint density at radius 3 is 2.21 bits per heavy atom. The third kappa shape index (κ3) is 10.4. The molecule has 0 rings (SSSR count). The third-order valence-corrected chi connectivity index (χ3v) is 2.45. The van der Waals surface area contributed by atoms with E-state index < -0.39 is 12.0 Å². The lowest BCUT2D eigenvalue weighted by Crippen LogP contribution is -2.42. The van der Waals surface area contributed by atoms with Crippen molar-refractivity contribution in [2.75, 3.05) is 40.5 Å². The smallest absolute Gasteiger partial charge is 0.321 e. The number of ether oxygens (including phenoxy) is 2. The predicted molar refractivity (Wildman–Crippen MR) is 70.0 cm³/mol. The van der Waals surface area contributed by atoms with Gasteiger partial charge in [0.25, 0.3) is 0 Å². The molecule has 7 heteroatoms. The van der Waals surface area contributed by atoms with Gasteiger partial charge in [-0.05, 0) is 19.4 Å². The molecule has 0 heterocycles. The van der Waals surface area contributed by atoms with Crippen LogP contribution in [0.5, 0.6) is 0 Å². The molecule has 0 aromatic rings. The summed E-state index contributed by atoms with van der Waals surface area (Å²) < 4.78 is 9.71. The topological polar surface area (TPSA) is 96.9 Å². The first-order valence-electron chi connectivity index (χ1n) is 6.32. The van der Waals surface area contributed by atoms with E-state index in [1.54, 1.807) is 14.2 Å². The van der Waals surface area contributed by atoms with Gasteiger partial charge in [-0.2, -0.15) is 0 Å². The lowest BCUT2D eigenvalue weighted by Gasteiger charge is -2.14. The molecule has 1 atom stereocenters. The van der Waals surface area contributed by atoms with Crippen molar-refractivity contribution >= 4 is 11.9 Å². The molecule has 0 aromatic carbocycles. The zero-order valence-corrected chi connectivity index (χ0v) is 11.6. The Labute approximate surface area is 113 Å². The highest BCUT2D eigenvalue weighted by Gasteiger charge is 2.19. The number of methoxy groups -OCH3 is 2. The van der Waals surface area contributed by atoms with Crippen LogP contribution in [-0.4, -0.2) is 63.5 Å². The van der Waals surface area contributed by atoms with E-state index in [-0.39, 0.29) is 12.3 Å². The van der Waals surface area contributed by atoms with Crippen LogP contribution in [0.25, 0.3) is 0 Å². The largest absolute Gasteiger partial charge is 0.480 e. The number of carboxylic acids is 1. The summed E-state index contributed by atoms with van der Waals surface area (Å²) in [6.07, 6.45) is 1.34. The van der Waals surface area contributed by atoms with Crippen LogP contribution in [0.4, 0.5) is 0 Å². The third-order valence-electron chi connectivity index (χ3n) is 2.45. The summed E-state index contributed by atoms with van der Waals surface area (Å²) in [5.74, 6) is -1.30. The van der Waals surface area contributed by atoms with E-state index in [2.05, 4.69) is 10.6 Å². The normalized spacial score (nSPS) is 12.1. The number of hydrogen-bond donors (Lipinski definition) is 3. The lowest BCUT2D eigenvalue weighted by molar-refractivity contribution is -0.141. The van der Waals surface area contributed by atoms with Gasteiger partial charge in [0.2, 0.25) is 5.91 Å². The quantitative estimate of drug-likeness (QED) is 0.420. The standard InChI is InChI=1S/C12H24N2O5/c1-18-7-3-5-13-10(12(16)17)9-11(15)14-6-4-8-19-2/h10,13H,3-9H2,1-2H3,(H,14,15)(H,16,17)/t10-/m1/s1. The van der Waals surface area contributed by atoms with Gasteiger partial charge in [-0.1, -0.05) is 0 Å². The summed E-state index contributed by atoms with van der Waals surface area (Å²) in [7, 11) is 3.17. The SMILES string of the molecule is COCCCNC(=O)C[C@@H](NCCCOC)C(=O)O. The highest BCUT2D eigenvalue weighted by atomic mass is 16.5. The molecule has 0 spiro atoms. The molecule has 0 unspecified atom stereocenters. The number of rotatable bonds is 12. The van der Waals surface area contributed by atoms with Gasteiger partial charge in [0, 0.05) is 34.0 Å². The van der Waals surface area contributed by atoms with Crippen LogP contribution in [0.3, 0.4) is 0 Å². The van der Waals surface area contributed by atoms with Crippen molar-refractivity contribution in [2.45, 2.75) is 25.3 Å². The average Bonchev–Trinajstić information content (AvgIpc) is 2.38. The molecule has 0 bridgehead atoms.